The van der Waals surface area contributed by atoms with Crippen molar-refractivity contribution in [2.24, 2.45) is 5.73 Å². The summed E-state index contributed by atoms with van der Waals surface area (Å²) in [5, 5.41) is 0. The fraction of sp³-hybridized carbons (Fsp3) is 0.462. The molecule has 1 rings (SSSR count). The van der Waals surface area contributed by atoms with Crippen LogP contribution in [0.5, 0.6) is 0 Å². The molecule has 3 nitrogen and oxygen atoms in total. The SMILES string of the molecule is CCCN(Cc1ccc(F)cc1)C(=O)CCN. The van der Waals surface area contributed by atoms with Gasteiger partial charge >= 0.3 is 0 Å². The van der Waals surface area contributed by atoms with Crippen molar-refractivity contribution in [2.75, 3.05) is 13.1 Å². The molecule has 2 N–H and O–H groups in total. The van der Waals surface area contributed by atoms with Crippen LogP contribution < -0.4 is 5.73 Å². The fourth-order valence-corrected chi connectivity index (χ4v) is 1.65. The molecule has 0 unspecified atom stereocenters. The predicted octanol–water partition coefficient (Wildman–Crippen LogP) is 1.91. The molecule has 0 spiro atoms. The maximum atomic E-state index is 12.8. The zero-order valence-corrected chi connectivity index (χ0v) is 10.2. The maximum absolute atomic E-state index is 12.8. The van der Waals surface area contributed by atoms with Crippen molar-refractivity contribution in [3.8, 4) is 0 Å². The van der Waals surface area contributed by atoms with Crippen LogP contribution in [0.25, 0.3) is 0 Å². The van der Waals surface area contributed by atoms with Crippen LogP contribution in [0, 0.1) is 5.82 Å². The van der Waals surface area contributed by atoms with Crippen LogP contribution in [0.3, 0.4) is 0 Å². The summed E-state index contributed by atoms with van der Waals surface area (Å²) in [4.78, 5) is 13.5. The lowest BCUT2D eigenvalue weighted by Crippen LogP contribution is -2.32. The molecule has 4 heteroatoms. The first-order chi connectivity index (χ1) is 8.17. The van der Waals surface area contributed by atoms with Gasteiger partial charge in [-0.25, -0.2) is 4.39 Å². The number of carbonyl (C=O) groups excluding carboxylic acids is 1. The van der Waals surface area contributed by atoms with Crippen molar-refractivity contribution < 1.29 is 9.18 Å². The summed E-state index contributed by atoms with van der Waals surface area (Å²) in [6.45, 7) is 3.61. The van der Waals surface area contributed by atoms with Crippen LogP contribution in [0.4, 0.5) is 4.39 Å². The molecule has 1 amide bonds. The van der Waals surface area contributed by atoms with Crippen LogP contribution in [0.1, 0.15) is 25.3 Å². The number of hydrogen-bond acceptors (Lipinski definition) is 2. The number of hydrogen-bond donors (Lipinski definition) is 1. The zero-order valence-electron chi connectivity index (χ0n) is 10.2. The van der Waals surface area contributed by atoms with Gasteiger partial charge in [0.1, 0.15) is 5.82 Å². The fourth-order valence-electron chi connectivity index (χ4n) is 1.65. The Hall–Kier alpha value is -1.42. The van der Waals surface area contributed by atoms with E-state index in [0.717, 1.165) is 12.0 Å². The molecule has 0 radical (unpaired) electrons. The quantitative estimate of drug-likeness (QED) is 0.823. The van der Waals surface area contributed by atoms with Crippen molar-refractivity contribution >= 4 is 5.91 Å². The van der Waals surface area contributed by atoms with Crippen molar-refractivity contribution in [3.63, 3.8) is 0 Å². The van der Waals surface area contributed by atoms with Gasteiger partial charge in [0, 0.05) is 26.1 Å². The first-order valence-electron chi connectivity index (χ1n) is 5.89. The Balaban J connectivity index is 2.65. The topological polar surface area (TPSA) is 46.3 Å². The maximum Gasteiger partial charge on any atom is 0.224 e. The molecular formula is C13H19FN2O. The lowest BCUT2D eigenvalue weighted by molar-refractivity contribution is -0.131. The van der Waals surface area contributed by atoms with Gasteiger partial charge < -0.3 is 10.6 Å². The number of nitrogens with two attached hydrogens (primary N) is 1. The third-order valence-corrected chi connectivity index (χ3v) is 2.49. The summed E-state index contributed by atoms with van der Waals surface area (Å²) in [7, 11) is 0. The van der Waals surface area contributed by atoms with Crippen LogP contribution in [0.2, 0.25) is 0 Å². The number of amides is 1. The van der Waals surface area contributed by atoms with E-state index in [1.54, 1.807) is 17.0 Å². The van der Waals surface area contributed by atoms with Gasteiger partial charge in [0.05, 0.1) is 0 Å². The smallest absolute Gasteiger partial charge is 0.224 e. The second-order valence-electron chi connectivity index (χ2n) is 3.98. The molecular weight excluding hydrogens is 219 g/mol. The van der Waals surface area contributed by atoms with Crippen LogP contribution >= 0.6 is 0 Å². The average Bonchev–Trinajstić information content (AvgIpc) is 2.31. The first kappa shape index (κ1) is 13.6. The van der Waals surface area contributed by atoms with Gasteiger partial charge in [-0.2, -0.15) is 0 Å². The number of halogens is 1. The van der Waals surface area contributed by atoms with Crippen molar-refractivity contribution in [1.82, 2.24) is 4.90 Å². The second kappa shape index (κ2) is 7.01. The molecule has 94 valence electrons. The Bertz CT molecular complexity index is 351. The molecule has 1 aromatic carbocycles. The molecule has 0 atom stereocenters. The van der Waals surface area contributed by atoms with Gasteiger partial charge in [-0.05, 0) is 24.1 Å². The van der Waals surface area contributed by atoms with E-state index in [0.29, 0.717) is 26.1 Å². The minimum Gasteiger partial charge on any atom is -0.338 e. The molecule has 0 saturated heterocycles. The molecule has 0 bridgehead atoms. The Kier molecular flexibility index (Phi) is 5.63. The second-order valence-corrected chi connectivity index (χ2v) is 3.98. The van der Waals surface area contributed by atoms with Crippen molar-refractivity contribution in [1.29, 1.82) is 0 Å². The van der Waals surface area contributed by atoms with Gasteiger partial charge in [0.2, 0.25) is 5.91 Å². The molecule has 1 aromatic rings. The Morgan fingerprint density at radius 1 is 1.35 bits per heavy atom. The Morgan fingerprint density at radius 3 is 2.53 bits per heavy atom. The summed E-state index contributed by atoms with van der Waals surface area (Å²) in [5.74, 6) is -0.206. The van der Waals surface area contributed by atoms with E-state index in [9.17, 15) is 9.18 Å². The van der Waals surface area contributed by atoms with Gasteiger partial charge in [-0.15, -0.1) is 0 Å². The van der Waals surface area contributed by atoms with E-state index in [1.165, 1.54) is 12.1 Å². The van der Waals surface area contributed by atoms with E-state index in [1.807, 2.05) is 6.92 Å². The van der Waals surface area contributed by atoms with Crippen LogP contribution in [0.15, 0.2) is 24.3 Å². The van der Waals surface area contributed by atoms with Crippen molar-refractivity contribution in [3.05, 3.63) is 35.6 Å². The molecule has 0 heterocycles. The van der Waals surface area contributed by atoms with Gasteiger partial charge in [-0.3, -0.25) is 4.79 Å². The highest BCUT2D eigenvalue weighted by Crippen LogP contribution is 2.08. The molecule has 0 aliphatic heterocycles. The molecule has 0 saturated carbocycles. The van der Waals surface area contributed by atoms with Gasteiger partial charge in [0.25, 0.3) is 0 Å². The highest BCUT2D eigenvalue weighted by Gasteiger charge is 2.11. The third-order valence-electron chi connectivity index (χ3n) is 2.49. The van der Waals surface area contributed by atoms with Gasteiger partial charge in [0.15, 0.2) is 0 Å². The minimum atomic E-state index is -0.260. The first-order valence-corrected chi connectivity index (χ1v) is 5.89. The highest BCUT2D eigenvalue weighted by molar-refractivity contribution is 5.76. The van der Waals surface area contributed by atoms with E-state index < -0.39 is 0 Å². The third kappa shape index (κ3) is 4.53. The lowest BCUT2D eigenvalue weighted by atomic mass is 10.2. The summed E-state index contributed by atoms with van der Waals surface area (Å²) in [6, 6.07) is 6.22. The monoisotopic (exact) mass is 238 g/mol. The standard InChI is InChI=1S/C13H19FN2O/c1-2-9-16(13(17)7-8-15)10-11-3-5-12(14)6-4-11/h3-6H,2,7-10,15H2,1H3. The summed E-state index contributed by atoms with van der Waals surface area (Å²) in [5.41, 5.74) is 6.31. The highest BCUT2D eigenvalue weighted by atomic mass is 19.1. The lowest BCUT2D eigenvalue weighted by Gasteiger charge is -2.22. The normalized spacial score (nSPS) is 10.3. The molecule has 0 aromatic heterocycles. The van der Waals surface area contributed by atoms with Gasteiger partial charge in [-0.1, -0.05) is 19.1 Å². The van der Waals surface area contributed by atoms with E-state index in [4.69, 9.17) is 5.73 Å². The Labute approximate surface area is 101 Å². The number of nitrogens with zero attached hydrogens (tertiary/aromatic N) is 1. The van der Waals surface area contributed by atoms with Crippen LogP contribution in [-0.2, 0) is 11.3 Å². The summed E-state index contributed by atoms with van der Waals surface area (Å²) in [6.07, 6.45) is 1.26. The summed E-state index contributed by atoms with van der Waals surface area (Å²) >= 11 is 0. The molecule has 17 heavy (non-hydrogen) atoms. The molecule has 0 aliphatic carbocycles. The number of benzene rings is 1. The summed E-state index contributed by atoms with van der Waals surface area (Å²) < 4.78 is 12.8. The van der Waals surface area contributed by atoms with E-state index in [-0.39, 0.29) is 11.7 Å². The molecule has 0 aliphatic rings. The average molecular weight is 238 g/mol. The van der Waals surface area contributed by atoms with E-state index >= 15 is 0 Å². The number of carbonyl (C=O) groups is 1. The minimum absolute atomic E-state index is 0.0543. The number of rotatable bonds is 6. The predicted molar refractivity (Wildman–Crippen MR) is 65.8 cm³/mol. The van der Waals surface area contributed by atoms with Crippen molar-refractivity contribution in [2.45, 2.75) is 26.3 Å². The molecule has 0 fully saturated rings. The largest absolute Gasteiger partial charge is 0.338 e. The Morgan fingerprint density at radius 2 is 2.00 bits per heavy atom. The zero-order chi connectivity index (χ0) is 12.7. The van der Waals surface area contributed by atoms with Crippen LogP contribution in [-0.4, -0.2) is 23.9 Å². The van der Waals surface area contributed by atoms with E-state index in [2.05, 4.69) is 0 Å².